The van der Waals surface area contributed by atoms with Crippen molar-refractivity contribution in [1.29, 1.82) is 0 Å². The van der Waals surface area contributed by atoms with Crippen molar-refractivity contribution in [3.8, 4) is 0 Å². The van der Waals surface area contributed by atoms with Gasteiger partial charge in [0.2, 0.25) is 0 Å². The molecule has 0 spiro atoms. The van der Waals surface area contributed by atoms with Crippen LogP contribution in [0.15, 0.2) is 0 Å². The van der Waals surface area contributed by atoms with Gasteiger partial charge in [0.1, 0.15) is 0 Å². The summed E-state index contributed by atoms with van der Waals surface area (Å²) >= 11 is 0. The fourth-order valence-corrected chi connectivity index (χ4v) is 0. The van der Waals surface area contributed by atoms with Gasteiger partial charge in [-0.3, -0.25) is 0 Å². The normalized spacial score (nSPS) is 3.43. The van der Waals surface area contributed by atoms with E-state index in [0.717, 1.165) is 0 Å². The molecule has 0 heterocycles. The fraction of sp³-hybridized carbons (Fsp3) is 0. The van der Waals surface area contributed by atoms with Gasteiger partial charge in [-0.1, -0.05) is 0 Å². The van der Waals surface area contributed by atoms with Gasteiger partial charge in [-0.2, -0.15) is 0 Å². The van der Waals surface area contributed by atoms with E-state index < -0.39 is 6.16 Å². The molecule has 0 rings (SSSR count). The molecule has 0 saturated carbocycles. The maximum absolute atomic E-state index is 8.56. The van der Waals surface area contributed by atoms with Crippen LogP contribution in [0.2, 0.25) is 0 Å². The van der Waals surface area contributed by atoms with E-state index in [0.29, 0.717) is 0 Å². The largest absolute Gasteiger partial charge is 1.00 e. The summed E-state index contributed by atoms with van der Waals surface area (Å²) in [6, 6.07) is 0. The van der Waals surface area contributed by atoms with Gasteiger partial charge in [0.25, 0.3) is 0 Å². The van der Waals surface area contributed by atoms with Gasteiger partial charge in [-0.05, 0) is 0 Å². The Bertz CT molecular complexity index is 40.3. The molecule has 0 amide bonds. The van der Waals surface area contributed by atoms with Gasteiger partial charge >= 0.3 is 25.0 Å². The zero-order chi connectivity index (χ0) is 3.58. The van der Waals surface area contributed by atoms with E-state index in [1.54, 1.807) is 0 Å². The van der Waals surface area contributed by atoms with Crippen molar-refractivity contribution in [1.82, 2.24) is 0 Å². The third-order valence-corrected chi connectivity index (χ3v) is 0. The quantitative estimate of drug-likeness (QED) is 0.323. The number of hydrogen-bond donors (Lipinski definition) is 2. The average molecular weight is 130 g/mol. The minimum Gasteiger partial charge on any atom is -1.00 e. The molecule has 3 nitrogen and oxygen atoms in total. The third-order valence-electron chi connectivity index (χ3n) is 0. The minimum absolute atomic E-state index is 0. The van der Waals surface area contributed by atoms with Gasteiger partial charge < -0.3 is 11.6 Å². The van der Waals surface area contributed by atoms with Crippen LogP contribution in [0, 0.1) is 0 Å². The molecule has 0 aliphatic heterocycles. The summed E-state index contributed by atoms with van der Waals surface area (Å²) in [5, 5.41) is 13.9. The molecule has 0 fully saturated rings. The topological polar surface area (TPSA) is 57.5 Å². The van der Waals surface area contributed by atoms with E-state index in [2.05, 4.69) is 0 Å². The average Bonchev–Trinajstić information content (AvgIpc) is 0.811. The molecule has 0 aromatic heterocycles. The van der Waals surface area contributed by atoms with Gasteiger partial charge in [0, 0.05) is 0 Å². The van der Waals surface area contributed by atoms with Gasteiger partial charge in [0.15, 0.2) is 34.7 Å². The van der Waals surface area contributed by atoms with E-state index >= 15 is 0 Å². The van der Waals surface area contributed by atoms with Crippen LogP contribution in [0.4, 0.5) is 4.79 Å². The first-order valence-electron chi connectivity index (χ1n) is 0.651. The second-order valence-corrected chi connectivity index (χ2v) is 0.283. The molecule has 0 atom stereocenters. The van der Waals surface area contributed by atoms with E-state index in [4.69, 9.17) is 15.0 Å². The van der Waals surface area contributed by atoms with Crippen LogP contribution in [0.5, 0.6) is 0 Å². The van der Waals surface area contributed by atoms with Crippen LogP contribution in [0.3, 0.4) is 0 Å². The summed E-state index contributed by atoms with van der Waals surface area (Å²) in [4.78, 5) is 8.56. The van der Waals surface area contributed by atoms with Gasteiger partial charge in [0.05, 0.1) is 0 Å². The molecule has 0 aliphatic rings. The molecule has 0 aromatic carbocycles. The first-order chi connectivity index (χ1) is 1.73. The number of hydrogen-bond acceptors (Lipinski definition) is 1. The Morgan fingerprint density at radius 1 is 1.29 bits per heavy atom. The number of carbonyl (C=O) groups is 1. The number of carboxylic acid groups (broad SMARTS) is 2. The van der Waals surface area contributed by atoms with Crippen molar-refractivity contribution < 1.29 is 35.3 Å². The maximum atomic E-state index is 8.56. The smallest absolute Gasteiger partial charge is 1.00 e. The molecule has 0 bridgehead atoms. The first kappa shape index (κ1) is 24.7. The minimum atomic E-state index is -1.83. The van der Waals surface area contributed by atoms with Crippen molar-refractivity contribution in [2.45, 2.75) is 0 Å². The molecule has 38 valence electrons. The Balaban J connectivity index is -0.00000000750. The van der Waals surface area contributed by atoms with Crippen LogP contribution >= 0.6 is 0 Å². The molecular weight excluding hydrogens is 121 g/mol. The molecule has 2 N–H and O–H groups in total. The van der Waals surface area contributed by atoms with Crippen molar-refractivity contribution in [2.75, 3.05) is 0 Å². The van der Waals surface area contributed by atoms with Crippen molar-refractivity contribution >= 4 is 40.9 Å². The van der Waals surface area contributed by atoms with Gasteiger partial charge in [-0.25, -0.2) is 4.79 Å². The molecule has 6 heteroatoms. The second-order valence-electron chi connectivity index (χ2n) is 0.283. The Kier molecular flexibility index (Phi) is 55.6. The van der Waals surface area contributed by atoms with E-state index in [1.807, 2.05) is 0 Å². The van der Waals surface area contributed by atoms with Crippen LogP contribution < -0.4 is 18.9 Å². The van der Waals surface area contributed by atoms with Crippen LogP contribution in [-0.4, -0.2) is 51.1 Å². The Morgan fingerprint density at radius 2 is 1.29 bits per heavy atom. The predicted molar refractivity (Wildman–Crippen MR) is 31.6 cm³/mol. The Morgan fingerprint density at radius 3 is 1.29 bits per heavy atom. The zero-order valence-electron chi connectivity index (χ0n) is 3.80. The van der Waals surface area contributed by atoms with Crippen molar-refractivity contribution in [3.63, 3.8) is 0 Å². The maximum Gasteiger partial charge on any atom is 1.00 e. The Hall–Kier alpha value is 0.932. The molecule has 0 aliphatic carbocycles. The van der Waals surface area contributed by atoms with E-state index in [9.17, 15) is 0 Å². The summed E-state index contributed by atoms with van der Waals surface area (Å²) in [7, 11) is 0. The SMILES string of the molecule is O=C(O)O.[AlH3].[AlH3].[H-].[Li+]. The van der Waals surface area contributed by atoms with Crippen LogP contribution in [0.1, 0.15) is 1.43 Å². The molecule has 0 radical (unpaired) electrons. The zero-order valence-corrected chi connectivity index (χ0v) is 2.80. The summed E-state index contributed by atoms with van der Waals surface area (Å²) in [6.45, 7) is 0. The second kappa shape index (κ2) is 15.8. The molecular formula is CH9Al2LiO3. The summed E-state index contributed by atoms with van der Waals surface area (Å²) < 4.78 is 0. The predicted octanol–water partition coefficient (Wildman–Crippen LogP) is -5.03. The summed E-state index contributed by atoms with van der Waals surface area (Å²) in [5.41, 5.74) is 0. The molecule has 7 heavy (non-hydrogen) atoms. The summed E-state index contributed by atoms with van der Waals surface area (Å²) in [6.07, 6.45) is -1.83. The van der Waals surface area contributed by atoms with E-state index in [-0.39, 0.29) is 55.0 Å². The Labute approximate surface area is 76.0 Å². The third kappa shape index (κ3) is 194. The van der Waals surface area contributed by atoms with E-state index in [1.165, 1.54) is 0 Å². The van der Waals surface area contributed by atoms with Crippen molar-refractivity contribution in [3.05, 3.63) is 0 Å². The molecule has 0 aromatic rings. The van der Waals surface area contributed by atoms with Gasteiger partial charge in [-0.15, -0.1) is 0 Å². The molecule has 0 unspecified atom stereocenters. The first-order valence-corrected chi connectivity index (χ1v) is 0.651. The van der Waals surface area contributed by atoms with Crippen molar-refractivity contribution in [2.24, 2.45) is 0 Å². The summed E-state index contributed by atoms with van der Waals surface area (Å²) in [5.74, 6) is 0. The van der Waals surface area contributed by atoms with Crippen LogP contribution in [-0.2, 0) is 0 Å². The van der Waals surface area contributed by atoms with Crippen LogP contribution in [0.25, 0.3) is 0 Å². The molecule has 0 saturated heterocycles. The monoisotopic (exact) mass is 130 g/mol. The fourth-order valence-electron chi connectivity index (χ4n) is 0. The number of rotatable bonds is 0. The standard InChI is InChI=1S/CH2O3.2Al.Li.7H/c2-1(3)4;;;;;;;;;;/h(H2,2,3,4);;;;;;;;;;/q;;;+1;;;;;;;-1.